The summed E-state index contributed by atoms with van der Waals surface area (Å²) in [5.74, 6) is -0.931. The van der Waals surface area contributed by atoms with E-state index in [0.29, 0.717) is 17.7 Å². The molecule has 1 fully saturated rings. The van der Waals surface area contributed by atoms with Crippen molar-refractivity contribution < 1.29 is 27.5 Å². The summed E-state index contributed by atoms with van der Waals surface area (Å²) in [4.78, 5) is 24.7. The van der Waals surface area contributed by atoms with E-state index in [-0.39, 0.29) is 5.75 Å². The van der Waals surface area contributed by atoms with Gasteiger partial charge in [0, 0.05) is 4.90 Å². The minimum atomic E-state index is -4.42. The number of carbonyl (C=O) groups is 2. The van der Waals surface area contributed by atoms with Gasteiger partial charge in [0.2, 0.25) is 5.91 Å². The van der Waals surface area contributed by atoms with E-state index in [0.717, 1.165) is 43.2 Å². The number of thioether (sulfide) groups is 1. The Morgan fingerprint density at radius 1 is 1.24 bits per heavy atom. The van der Waals surface area contributed by atoms with Gasteiger partial charge in [0.05, 0.1) is 18.4 Å². The fourth-order valence-electron chi connectivity index (χ4n) is 2.94. The van der Waals surface area contributed by atoms with Gasteiger partial charge < -0.3 is 10.1 Å². The van der Waals surface area contributed by atoms with Crippen LogP contribution in [-0.4, -0.2) is 30.3 Å². The van der Waals surface area contributed by atoms with E-state index in [1.165, 1.54) is 19.2 Å². The first-order valence-corrected chi connectivity index (χ1v) is 8.95. The Bertz CT molecular complexity index is 628. The molecule has 1 amide bonds. The highest BCUT2D eigenvalue weighted by Crippen LogP contribution is 2.32. The van der Waals surface area contributed by atoms with Gasteiger partial charge in [-0.15, -0.1) is 11.8 Å². The average Bonchev–Trinajstić information content (AvgIpc) is 2.59. The third-order valence-electron chi connectivity index (χ3n) is 4.19. The lowest BCUT2D eigenvalue weighted by Crippen LogP contribution is -2.56. The topological polar surface area (TPSA) is 55.4 Å². The highest BCUT2D eigenvalue weighted by Gasteiger charge is 2.41. The summed E-state index contributed by atoms with van der Waals surface area (Å²) in [5, 5.41) is 2.74. The highest BCUT2D eigenvalue weighted by atomic mass is 32.2. The second kappa shape index (κ2) is 8.12. The molecule has 1 aromatic carbocycles. The molecule has 0 aliphatic heterocycles. The molecule has 1 aliphatic carbocycles. The van der Waals surface area contributed by atoms with E-state index >= 15 is 0 Å². The van der Waals surface area contributed by atoms with E-state index < -0.39 is 29.2 Å². The van der Waals surface area contributed by atoms with Crippen LogP contribution < -0.4 is 5.32 Å². The molecular formula is C17H20F3NO3S. The fraction of sp³-hybridized carbons (Fsp3) is 0.529. The highest BCUT2D eigenvalue weighted by molar-refractivity contribution is 8.00. The molecule has 2 rings (SSSR count). The van der Waals surface area contributed by atoms with Gasteiger partial charge in [-0.1, -0.05) is 25.3 Å². The van der Waals surface area contributed by atoms with Crippen molar-refractivity contribution >= 4 is 23.6 Å². The zero-order chi connectivity index (χ0) is 18.5. The van der Waals surface area contributed by atoms with Crippen LogP contribution >= 0.6 is 11.8 Å². The van der Waals surface area contributed by atoms with E-state index in [1.54, 1.807) is 0 Å². The van der Waals surface area contributed by atoms with Gasteiger partial charge in [-0.3, -0.25) is 4.79 Å². The zero-order valence-corrected chi connectivity index (χ0v) is 14.6. The monoisotopic (exact) mass is 375 g/mol. The van der Waals surface area contributed by atoms with Crippen molar-refractivity contribution in [2.45, 2.75) is 48.7 Å². The van der Waals surface area contributed by atoms with Crippen molar-refractivity contribution in [3.63, 3.8) is 0 Å². The van der Waals surface area contributed by atoms with Crippen LogP contribution in [0.15, 0.2) is 29.2 Å². The summed E-state index contributed by atoms with van der Waals surface area (Å²) in [6.07, 6.45) is -0.769. The van der Waals surface area contributed by atoms with E-state index in [4.69, 9.17) is 4.74 Å². The molecule has 0 saturated heterocycles. The molecule has 0 atom stereocenters. The minimum Gasteiger partial charge on any atom is -0.467 e. The quantitative estimate of drug-likeness (QED) is 0.628. The van der Waals surface area contributed by atoms with E-state index in [9.17, 15) is 22.8 Å². The number of methoxy groups -OCH3 is 1. The van der Waals surface area contributed by atoms with E-state index in [1.807, 2.05) is 0 Å². The summed E-state index contributed by atoms with van der Waals surface area (Å²) < 4.78 is 43.0. The molecule has 0 unspecified atom stereocenters. The molecule has 1 saturated carbocycles. The lowest BCUT2D eigenvalue weighted by Gasteiger charge is -2.35. The number of benzene rings is 1. The Morgan fingerprint density at radius 2 is 1.92 bits per heavy atom. The van der Waals surface area contributed by atoms with Crippen LogP contribution in [0.25, 0.3) is 0 Å². The molecule has 8 heteroatoms. The summed E-state index contributed by atoms with van der Waals surface area (Å²) in [6.45, 7) is 0. The molecule has 1 aromatic rings. The number of hydrogen-bond donors (Lipinski definition) is 1. The number of halogens is 3. The third kappa shape index (κ3) is 5.14. The van der Waals surface area contributed by atoms with Crippen LogP contribution in [0, 0.1) is 0 Å². The predicted octanol–water partition coefficient (Wildman–Crippen LogP) is 3.79. The van der Waals surface area contributed by atoms with Crippen molar-refractivity contribution in [2.75, 3.05) is 12.9 Å². The molecule has 0 bridgehead atoms. The van der Waals surface area contributed by atoms with Crippen molar-refractivity contribution in [3.05, 3.63) is 29.8 Å². The number of ether oxygens (including phenoxy) is 1. The van der Waals surface area contributed by atoms with Crippen molar-refractivity contribution in [1.82, 2.24) is 5.32 Å². The molecule has 0 radical (unpaired) electrons. The van der Waals surface area contributed by atoms with Crippen molar-refractivity contribution in [1.29, 1.82) is 0 Å². The van der Waals surface area contributed by atoms with Crippen LogP contribution in [-0.2, 0) is 20.5 Å². The molecule has 0 spiro atoms. The number of nitrogens with one attached hydrogen (secondary N) is 1. The first kappa shape index (κ1) is 19.6. The number of esters is 1. The molecular weight excluding hydrogens is 355 g/mol. The summed E-state index contributed by atoms with van der Waals surface area (Å²) in [5.41, 5.74) is -1.77. The molecule has 1 N–H and O–H groups in total. The van der Waals surface area contributed by atoms with Gasteiger partial charge in [0.1, 0.15) is 5.54 Å². The number of carbonyl (C=O) groups excluding carboxylic acids is 2. The summed E-state index contributed by atoms with van der Waals surface area (Å²) in [7, 11) is 1.28. The summed E-state index contributed by atoms with van der Waals surface area (Å²) >= 11 is 1.00. The van der Waals surface area contributed by atoms with E-state index in [2.05, 4.69) is 5.32 Å². The third-order valence-corrected chi connectivity index (χ3v) is 5.19. The first-order valence-electron chi connectivity index (χ1n) is 7.96. The maximum atomic E-state index is 12.7. The smallest absolute Gasteiger partial charge is 0.416 e. The number of rotatable bonds is 5. The van der Waals surface area contributed by atoms with Gasteiger partial charge in [-0.25, -0.2) is 4.79 Å². The normalized spacial score (nSPS) is 17.0. The first-order chi connectivity index (χ1) is 11.8. The molecule has 0 aromatic heterocycles. The lowest BCUT2D eigenvalue weighted by molar-refractivity contribution is -0.152. The van der Waals surface area contributed by atoms with Gasteiger partial charge >= 0.3 is 12.1 Å². The maximum absolute atomic E-state index is 12.7. The molecule has 138 valence electrons. The van der Waals surface area contributed by atoms with Crippen LogP contribution in [0.2, 0.25) is 0 Å². The second-order valence-corrected chi connectivity index (χ2v) is 7.05. The lowest BCUT2D eigenvalue weighted by atomic mass is 9.81. The number of hydrogen-bond acceptors (Lipinski definition) is 4. The predicted molar refractivity (Wildman–Crippen MR) is 88.1 cm³/mol. The fourth-order valence-corrected chi connectivity index (χ4v) is 3.70. The van der Waals surface area contributed by atoms with Crippen molar-refractivity contribution in [3.8, 4) is 0 Å². The standard InChI is InChI=1S/C17H20F3NO3S/c1-24-15(23)16(8-3-2-4-9-16)21-14(22)11-25-13-7-5-6-12(10-13)17(18,19)20/h5-7,10H,2-4,8-9,11H2,1H3,(H,21,22). The Hall–Kier alpha value is -1.70. The Labute approximate surface area is 148 Å². The van der Waals surface area contributed by atoms with Crippen LogP contribution in [0.1, 0.15) is 37.7 Å². The maximum Gasteiger partial charge on any atom is 0.416 e. The molecule has 0 heterocycles. The SMILES string of the molecule is COC(=O)C1(NC(=O)CSc2cccc(C(F)(F)F)c2)CCCCC1. The minimum absolute atomic E-state index is 0.0694. The Balaban J connectivity index is 1.99. The van der Waals surface area contributed by atoms with Gasteiger partial charge in [0.15, 0.2) is 0 Å². The molecule has 25 heavy (non-hydrogen) atoms. The number of amides is 1. The average molecular weight is 375 g/mol. The van der Waals surface area contributed by atoms with Crippen LogP contribution in [0.4, 0.5) is 13.2 Å². The Morgan fingerprint density at radius 3 is 2.52 bits per heavy atom. The Kier molecular flexibility index (Phi) is 6.37. The van der Waals surface area contributed by atoms with Crippen molar-refractivity contribution in [2.24, 2.45) is 0 Å². The molecule has 1 aliphatic rings. The second-order valence-electron chi connectivity index (χ2n) is 6.00. The van der Waals surface area contributed by atoms with Gasteiger partial charge in [0.25, 0.3) is 0 Å². The van der Waals surface area contributed by atoms with Crippen LogP contribution in [0.3, 0.4) is 0 Å². The largest absolute Gasteiger partial charge is 0.467 e. The van der Waals surface area contributed by atoms with Gasteiger partial charge in [-0.2, -0.15) is 13.2 Å². The molecule has 4 nitrogen and oxygen atoms in total. The van der Waals surface area contributed by atoms with Crippen LogP contribution in [0.5, 0.6) is 0 Å². The zero-order valence-electron chi connectivity index (χ0n) is 13.8. The van der Waals surface area contributed by atoms with Gasteiger partial charge in [-0.05, 0) is 31.0 Å². The summed E-state index contributed by atoms with van der Waals surface area (Å²) in [6, 6.07) is 4.82. The number of alkyl halides is 3.